The third-order valence-electron chi connectivity index (χ3n) is 3.70. The van der Waals surface area contributed by atoms with Gasteiger partial charge in [0.25, 0.3) is 11.5 Å². The van der Waals surface area contributed by atoms with Crippen LogP contribution in [0.4, 0.5) is 0 Å². The van der Waals surface area contributed by atoms with E-state index in [1.807, 2.05) is 48.5 Å². The summed E-state index contributed by atoms with van der Waals surface area (Å²) in [5.74, 6) is 0.386. The summed E-state index contributed by atoms with van der Waals surface area (Å²) in [4.78, 5) is 23.8. The highest BCUT2D eigenvalue weighted by molar-refractivity contribution is 5.77. The Morgan fingerprint density at radius 2 is 1.65 bits per heavy atom. The maximum absolute atomic E-state index is 12.0. The molecule has 0 atom stereocenters. The number of hydrogen-bond donors (Lipinski definition) is 1. The van der Waals surface area contributed by atoms with E-state index in [4.69, 9.17) is 4.74 Å². The average molecular weight is 349 g/mol. The van der Waals surface area contributed by atoms with E-state index >= 15 is 0 Å². The van der Waals surface area contributed by atoms with Crippen LogP contribution in [0.1, 0.15) is 0 Å². The fraction of sp³-hybridized carbons (Fsp3) is 0.150. The molecule has 0 aliphatic carbocycles. The maximum Gasteiger partial charge on any atom is 0.266 e. The molecule has 26 heavy (non-hydrogen) atoms. The van der Waals surface area contributed by atoms with Crippen LogP contribution in [0.5, 0.6) is 5.75 Å². The third kappa shape index (κ3) is 4.80. The molecule has 2 aromatic carbocycles. The maximum atomic E-state index is 12.0. The minimum atomic E-state index is -0.249. The number of ether oxygens (including phenoxy) is 1. The molecule has 0 saturated heterocycles. The van der Waals surface area contributed by atoms with Gasteiger partial charge in [0.05, 0.1) is 12.2 Å². The van der Waals surface area contributed by atoms with Crippen LogP contribution in [0.2, 0.25) is 0 Å². The zero-order chi connectivity index (χ0) is 18.2. The van der Waals surface area contributed by atoms with Gasteiger partial charge in [0.15, 0.2) is 6.61 Å². The molecule has 0 aliphatic heterocycles. The molecule has 0 spiro atoms. The molecular formula is C20H19N3O3. The van der Waals surface area contributed by atoms with E-state index in [-0.39, 0.29) is 24.6 Å². The number of nitrogens with one attached hydrogen (secondary N) is 1. The Morgan fingerprint density at radius 1 is 0.962 bits per heavy atom. The van der Waals surface area contributed by atoms with Crippen LogP contribution in [0.3, 0.4) is 0 Å². The van der Waals surface area contributed by atoms with Gasteiger partial charge >= 0.3 is 0 Å². The molecule has 0 fully saturated rings. The van der Waals surface area contributed by atoms with Crippen LogP contribution in [0, 0.1) is 0 Å². The van der Waals surface area contributed by atoms with Crippen LogP contribution in [0.15, 0.2) is 77.6 Å². The summed E-state index contributed by atoms with van der Waals surface area (Å²) in [7, 11) is 0. The topological polar surface area (TPSA) is 73.2 Å². The van der Waals surface area contributed by atoms with Crippen molar-refractivity contribution in [1.29, 1.82) is 0 Å². The molecule has 0 saturated carbocycles. The van der Waals surface area contributed by atoms with Crippen molar-refractivity contribution in [2.45, 2.75) is 6.54 Å². The van der Waals surface area contributed by atoms with Gasteiger partial charge in [0, 0.05) is 18.2 Å². The molecule has 6 nitrogen and oxygen atoms in total. The lowest BCUT2D eigenvalue weighted by Gasteiger charge is -2.09. The van der Waals surface area contributed by atoms with E-state index in [2.05, 4.69) is 10.4 Å². The van der Waals surface area contributed by atoms with Crippen LogP contribution in [-0.4, -0.2) is 28.8 Å². The van der Waals surface area contributed by atoms with Crippen molar-refractivity contribution in [3.05, 3.63) is 83.2 Å². The Kier molecular flexibility index (Phi) is 5.77. The monoisotopic (exact) mass is 349 g/mol. The first-order valence-electron chi connectivity index (χ1n) is 8.30. The normalized spacial score (nSPS) is 10.3. The quantitative estimate of drug-likeness (QED) is 0.709. The van der Waals surface area contributed by atoms with Crippen LogP contribution in [-0.2, 0) is 11.3 Å². The van der Waals surface area contributed by atoms with E-state index < -0.39 is 0 Å². The number of benzene rings is 2. The number of hydrogen-bond acceptors (Lipinski definition) is 4. The summed E-state index contributed by atoms with van der Waals surface area (Å²) < 4.78 is 6.72. The lowest BCUT2D eigenvalue weighted by Crippen LogP contribution is -2.34. The highest BCUT2D eigenvalue weighted by atomic mass is 16.5. The Morgan fingerprint density at radius 3 is 2.38 bits per heavy atom. The molecule has 0 radical (unpaired) electrons. The Balaban J connectivity index is 1.53. The molecule has 0 aliphatic rings. The highest BCUT2D eigenvalue weighted by Crippen LogP contribution is 2.13. The van der Waals surface area contributed by atoms with Crippen molar-refractivity contribution in [1.82, 2.24) is 15.1 Å². The predicted octanol–water partition coefficient (Wildman–Crippen LogP) is 2.11. The molecule has 3 rings (SSSR count). The van der Waals surface area contributed by atoms with E-state index in [1.165, 1.54) is 10.7 Å². The first-order chi connectivity index (χ1) is 12.7. The Labute approximate surface area is 151 Å². The van der Waals surface area contributed by atoms with Gasteiger partial charge < -0.3 is 10.1 Å². The molecule has 1 N–H and O–H groups in total. The summed E-state index contributed by atoms with van der Waals surface area (Å²) in [6.07, 6.45) is 0. The minimum absolute atomic E-state index is 0.0730. The van der Waals surface area contributed by atoms with Gasteiger partial charge in [-0.05, 0) is 18.2 Å². The van der Waals surface area contributed by atoms with Crippen molar-refractivity contribution in [2.75, 3.05) is 13.2 Å². The fourth-order valence-electron chi connectivity index (χ4n) is 2.39. The molecule has 1 amide bonds. The summed E-state index contributed by atoms with van der Waals surface area (Å²) >= 11 is 0. The van der Waals surface area contributed by atoms with Crippen molar-refractivity contribution in [2.24, 2.45) is 0 Å². The van der Waals surface area contributed by atoms with Crippen LogP contribution < -0.4 is 15.6 Å². The Bertz CT molecular complexity index is 908. The zero-order valence-corrected chi connectivity index (χ0v) is 14.2. The molecule has 0 unspecified atom stereocenters. The summed E-state index contributed by atoms with van der Waals surface area (Å²) in [5, 5.41) is 7.08. The van der Waals surface area contributed by atoms with Gasteiger partial charge in [-0.2, -0.15) is 5.10 Å². The molecule has 1 aromatic heterocycles. The highest BCUT2D eigenvalue weighted by Gasteiger charge is 2.05. The summed E-state index contributed by atoms with van der Waals surface area (Å²) in [5.41, 5.74) is 1.44. The number of amides is 1. The molecule has 0 bridgehead atoms. The summed E-state index contributed by atoms with van der Waals surface area (Å²) in [6.45, 7) is 0.509. The number of rotatable bonds is 7. The lowest BCUT2D eigenvalue weighted by atomic mass is 10.1. The molecule has 132 valence electrons. The van der Waals surface area contributed by atoms with Crippen molar-refractivity contribution in [3.63, 3.8) is 0 Å². The van der Waals surface area contributed by atoms with Gasteiger partial charge in [0.1, 0.15) is 5.75 Å². The molecule has 1 heterocycles. The number of aromatic nitrogens is 2. The van der Waals surface area contributed by atoms with E-state index in [0.717, 1.165) is 5.56 Å². The number of carbonyl (C=O) groups excluding carboxylic acids is 1. The first-order valence-corrected chi connectivity index (χ1v) is 8.30. The van der Waals surface area contributed by atoms with Gasteiger partial charge in [-0.25, -0.2) is 4.68 Å². The number of para-hydroxylation sites is 1. The van der Waals surface area contributed by atoms with Crippen molar-refractivity contribution < 1.29 is 9.53 Å². The summed E-state index contributed by atoms with van der Waals surface area (Å²) in [6, 6.07) is 21.9. The second-order valence-electron chi connectivity index (χ2n) is 5.60. The third-order valence-corrected chi connectivity index (χ3v) is 3.70. The lowest BCUT2D eigenvalue weighted by molar-refractivity contribution is -0.123. The van der Waals surface area contributed by atoms with Gasteiger partial charge in [0.2, 0.25) is 0 Å². The Hall–Kier alpha value is -3.41. The van der Waals surface area contributed by atoms with Gasteiger partial charge in [-0.1, -0.05) is 48.5 Å². The molecular weight excluding hydrogens is 330 g/mol. The first kappa shape index (κ1) is 17.4. The van der Waals surface area contributed by atoms with Crippen molar-refractivity contribution in [3.8, 4) is 17.0 Å². The van der Waals surface area contributed by atoms with Gasteiger partial charge in [-0.15, -0.1) is 0 Å². The fourth-order valence-corrected chi connectivity index (χ4v) is 2.39. The van der Waals surface area contributed by atoms with E-state index in [9.17, 15) is 9.59 Å². The largest absolute Gasteiger partial charge is 0.484 e. The average Bonchev–Trinajstić information content (AvgIpc) is 2.69. The van der Waals surface area contributed by atoms with E-state index in [1.54, 1.807) is 18.2 Å². The van der Waals surface area contributed by atoms with Crippen LogP contribution in [0.25, 0.3) is 11.3 Å². The number of carbonyl (C=O) groups is 1. The van der Waals surface area contributed by atoms with Crippen LogP contribution >= 0.6 is 0 Å². The SMILES string of the molecule is O=C(COc1ccccc1)NCCn1nc(-c2ccccc2)ccc1=O. The van der Waals surface area contributed by atoms with Crippen molar-refractivity contribution >= 4 is 5.91 Å². The zero-order valence-electron chi connectivity index (χ0n) is 14.2. The smallest absolute Gasteiger partial charge is 0.266 e. The minimum Gasteiger partial charge on any atom is -0.484 e. The van der Waals surface area contributed by atoms with E-state index in [0.29, 0.717) is 18.0 Å². The predicted molar refractivity (Wildman–Crippen MR) is 98.9 cm³/mol. The standard InChI is InChI=1S/C20H19N3O3/c24-19(15-26-17-9-5-2-6-10-17)21-13-14-23-20(25)12-11-18(22-23)16-7-3-1-4-8-16/h1-12H,13-15H2,(H,21,24). The molecule has 6 heteroatoms. The molecule has 3 aromatic rings. The second kappa shape index (κ2) is 8.62. The second-order valence-corrected chi connectivity index (χ2v) is 5.60. The number of nitrogens with zero attached hydrogens (tertiary/aromatic N) is 2. The van der Waals surface area contributed by atoms with Gasteiger partial charge in [-0.3, -0.25) is 9.59 Å².